The zero-order valence-electron chi connectivity index (χ0n) is 13.5. The molecule has 0 aromatic heterocycles. The molecule has 1 N–H and O–H groups in total. The lowest BCUT2D eigenvalue weighted by Crippen LogP contribution is -2.30. The number of aliphatic carboxylic acids is 1. The largest absolute Gasteiger partial charge is 0.478 e. The lowest BCUT2D eigenvalue weighted by molar-refractivity contribution is -0.145. The van der Waals surface area contributed by atoms with Gasteiger partial charge in [-0.3, -0.25) is 0 Å². The Morgan fingerprint density at radius 1 is 1.13 bits per heavy atom. The van der Waals surface area contributed by atoms with E-state index in [4.69, 9.17) is 4.74 Å². The van der Waals surface area contributed by atoms with E-state index in [1.54, 1.807) is 18.2 Å². The molecule has 23 heavy (non-hydrogen) atoms. The molecule has 4 heteroatoms. The van der Waals surface area contributed by atoms with Gasteiger partial charge in [-0.05, 0) is 34.7 Å². The first-order valence-corrected chi connectivity index (χ1v) is 7.51. The summed E-state index contributed by atoms with van der Waals surface area (Å²) < 4.78 is 18.7. The summed E-state index contributed by atoms with van der Waals surface area (Å²) in [6.07, 6.45) is -0.849. The number of carboxylic acids is 1. The van der Waals surface area contributed by atoms with Crippen molar-refractivity contribution in [3.05, 3.63) is 65.5 Å². The minimum absolute atomic E-state index is 0.157. The third kappa shape index (κ3) is 4.55. The fraction of sp³-hybridized carbons (Fsp3) is 0.316. The number of halogens is 1. The monoisotopic (exact) mass is 316 g/mol. The maximum Gasteiger partial charge on any atom is 0.345 e. The number of benzene rings is 2. The van der Waals surface area contributed by atoms with E-state index in [0.29, 0.717) is 11.3 Å². The fourth-order valence-corrected chi connectivity index (χ4v) is 2.36. The Hall–Kier alpha value is -2.36. The molecule has 0 spiro atoms. The van der Waals surface area contributed by atoms with Crippen molar-refractivity contribution in [3.63, 3.8) is 0 Å². The molecule has 0 aliphatic heterocycles. The van der Waals surface area contributed by atoms with Crippen LogP contribution in [0.5, 0.6) is 5.75 Å². The molecule has 0 aliphatic carbocycles. The zero-order chi connectivity index (χ0) is 17.0. The van der Waals surface area contributed by atoms with Crippen LogP contribution in [0.2, 0.25) is 0 Å². The maximum atomic E-state index is 13.0. The number of hydrogen-bond acceptors (Lipinski definition) is 2. The van der Waals surface area contributed by atoms with E-state index in [1.807, 2.05) is 39.0 Å². The second-order valence-corrected chi connectivity index (χ2v) is 6.52. The van der Waals surface area contributed by atoms with E-state index in [2.05, 4.69) is 0 Å². The topological polar surface area (TPSA) is 46.5 Å². The molecule has 0 bridgehead atoms. The van der Waals surface area contributed by atoms with E-state index in [-0.39, 0.29) is 17.7 Å². The van der Waals surface area contributed by atoms with Crippen molar-refractivity contribution in [2.75, 3.05) is 0 Å². The molecule has 0 saturated carbocycles. The van der Waals surface area contributed by atoms with Crippen LogP contribution >= 0.6 is 0 Å². The average Bonchev–Trinajstić information content (AvgIpc) is 2.48. The first kappa shape index (κ1) is 17.0. The van der Waals surface area contributed by atoms with Crippen LogP contribution in [-0.4, -0.2) is 17.2 Å². The first-order valence-electron chi connectivity index (χ1n) is 7.51. The minimum atomic E-state index is -1.04. The molecule has 122 valence electrons. The smallest absolute Gasteiger partial charge is 0.345 e. The second kappa shape index (κ2) is 6.82. The van der Waals surface area contributed by atoms with Crippen LogP contribution in [0.25, 0.3) is 0 Å². The summed E-state index contributed by atoms with van der Waals surface area (Å²) in [4.78, 5) is 11.5. The Labute approximate surface area is 135 Å². The Bertz CT molecular complexity index is 672. The number of ether oxygens (including phenoxy) is 1. The van der Waals surface area contributed by atoms with Gasteiger partial charge in [-0.1, -0.05) is 51.1 Å². The molecule has 0 radical (unpaired) electrons. The Kier molecular flexibility index (Phi) is 5.04. The summed E-state index contributed by atoms with van der Waals surface area (Å²) in [6, 6.07) is 13.2. The van der Waals surface area contributed by atoms with Crippen molar-refractivity contribution < 1.29 is 19.0 Å². The highest BCUT2D eigenvalue weighted by atomic mass is 19.1. The Morgan fingerprint density at radius 3 is 2.30 bits per heavy atom. The van der Waals surface area contributed by atoms with Gasteiger partial charge in [-0.2, -0.15) is 0 Å². The van der Waals surface area contributed by atoms with E-state index >= 15 is 0 Å². The molecule has 0 aliphatic rings. The van der Waals surface area contributed by atoms with Gasteiger partial charge in [0.05, 0.1) is 0 Å². The minimum Gasteiger partial charge on any atom is -0.478 e. The van der Waals surface area contributed by atoms with Crippen molar-refractivity contribution in [3.8, 4) is 5.75 Å². The number of carboxylic acid groups (broad SMARTS) is 1. The highest BCUT2D eigenvalue weighted by Gasteiger charge is 2.24. The summed E-state index contributed by atoms with van der Waals surface area (Å²) >= 11 is 0. The highest BCUT2D eigenvalue weighted by molar-refractivity contribution is 5.73. The van der Waals surface area contributed by atoms with E-state index in [0.717, 1.165) is 5.56 Å². The molecule has 0 saturated heterocycles. The molecule has 0 fully saturated rings. The predicted octanol–water partition coefficient (Wildman–Crippen LogP) is 4.20. The number of para-hydroxylation sites is 1. The van der Waals surface area contributed by atoms with Gasteiger partial charge in [-0.15, -0.1) is 0 Å². The zero-order valence-corrected chi connectivity index (χ0v) is 13.5. The van der Waals surface area contributed by atoms with Crippen molar-refractivity contribution in [2.24, 2.45) is 0 Å². The second-order valence-electron chi connectivity index (χ2n) is 6.52. The van der Waals surface area contributed by atoms with Crippen molar-refractivity contribution >= 4 is 5.97 Å². The molecule has 3 nitrogen and oxygen atoms in total. The van der Waals surface area contributed by atoms with E-state index < -0.39 is 12.1 Å². The number of rotatable bonds is 5. The molecule has 1 unspecified atom stereocenters. The lowest BCUT2D eigenvalue weighted by atomic mass is 9.86. The normalized spacial score (nSPS) is 12.7. The molecule has 1 atom stereocenters. The van der Waals surface area contributed by atoms with Crippen LogP contribution in [-0.2, 0) is 16.6 Å². The lowest BCUT2D eigenvalue weighted by Gasteiger charge is -2.24. The molecular formula is C19H21FO3. The van der Waals surface area contributed by atoms with Gasteiger partial charge in [0.15, 0.2) is 6.10 Å². The SMILES string of the molecule is CC(C)(C)c1ccccc1OC(Cc1ccc(F)cc1)C(=O)O. The molecule has 2 aromatic rings. The van der Waals surface area contributed by atoms with E-state index in [9.17, 15) is 14.3 Å². The standard InChI is InChI=1S/C19H21FO3/c1-19(2,3)15-6-4-5-7-16(15)23-17(18(21)22)12-13-8-10-14(20)11-9-13/h4-11,17H,12H2,1-3H3,(H,21,22). The maximum absolute atomic E-state index is 13.0. The van der Waals surface area contributed by atoms with Gasteiger partial charge in [0.2, 0.25) is 0 Å². The van der Waals surface area contributed by atoms with Crippen LogP contribution in [0.3, 0.4) is 0 Å². The van der Waals surface area contributed by atoms with Crippen LogP contribution in [0.15, 0.2) is 48.5 Å². The molecular weight excluding hydrogens is 295 g/mol. The summed E-state index contributed by atoms with van der Waals surface area (Å²) in [7, 11) is 0. The third-order valence-corrected chi connectivity index (χ3v) is 3.57. The fourth-order valence-electron chi connectivity index (χ4n) is 2.36. The van der Waals surface area contributed by atoms with Crippen LogP contribution in [0, 0.1) is 5.82 Å². The van der Waals surface area contributed by atoms with Crippen LogP contribution in [0.4, 0.5) is 4.39 Å². The van der Waals surface area contributed by atoms with Crippen LogP contribution < -0.4 is 4.74 Å². The number of hydrogen-bond donors (Lipinski definition) is 1. The summed E-state index contributed by atoms with van der Waals surface area (Å²) in [5, 5.41) is 9.45. The highest BCUT2D eigenvalue weighted by Crippen LogP contribution is 2.31. The Morgan fingerprint density at radius 2 is 1.74 bits per heavy atom. The van der Waals surface area contributed by atoms with E-state index in [1.165, 1.54) is 12.1 Å². The quantitative estimate of drug-likeness (QED) is 0.899. The van der Waals surface area contributed by atoms with Gasteiger partial charge in [0.25, 0.3) is 0 Å². The summed E-state index contributed by atoms with van der Waals surface area (Å²) in [5.41, 5.74) is 1.51. The average molecular weight is 316 g/mol. The van der Waals surface area contributed by atoms with Gasteiger partial charge in [-0.25, -0.2) is 9.18 Å². The number of carbonyl (C=O) groups is 1. The van der Waals surface area contributed by atoms with Gasteiger partial charge < -0.3 is 9.84 Å². The predicted molar refractivity (Wildman–Crippen MR) is 87.3 cm³/mol. The molecule has 2 rings (SSSR count). The molecule has 0 heterocycles. The third-order valence-electron chi connectivity index (χ3n) is 3.57. The van der Waals surface area contributed by atoms with Gasteiger partial charge >= 0.3 is 5.97 Å². The molecule has 2 aromatic carbocycles. The van der Waals surface area contributed by atoms with Gasteiger partial charge in [0, 0.05) is 6.42 Å². The first-order chi connectivity index (χ1) is 10.8. The van der Waals surface area contributed by atoms with Crippen molar-refractivity contribution in [2.45, 2.75) is 38.7 Å². The Balaban J connectivity index is 2.24. The molecule has 0 amide bonds. The summed E-state index contributed by atoms with van der Waals surface area (Å²) in [6.45, 7) is 6.14. The van der Waals surface area contributed by atoms with Crippen LogP contribution in [0.1, 0.15) is 31.9 Å². The summed E-state index contributed by atoms with van der Waals surface area (Å²) in [5.74, 6) is -0.827. The van der Waals surface area contributed by atoms with Crippen molar-refractivity contribution in [1.29, 1.82) is 0 Å². The van der Waals surface area contributed by atoms with Gasteiger partial charge in [0.1, 0.15) is 11.6 Å². The van der Waals surface area contributed by atoms with Crippen molar-refractivity contribution in [1.82, 2.24) is 0 Å².